The maximum absolute atomic E-state index is 3.81. The Labute approximate surface area is 142 Å². The zero-order chi connectivity index (χ0) is 16.8. The number of aromatic amines is 1. The molecule has 0 aliphatic carbocycles. The van der Waals surface area contributed by atoms with Crippen molar-refractivity contribution in [2.75, 3.05) is 0 Å². The van der Waals surface area contributed by atoms with Crippen molar-refractivity contribution in [2.45, 2.75) is 19.3 Å². The Morgan fingerprint density at radius 1 is 0.667 bits per heavy atom. The van der Waals surface area contributed by atoms with E-state index in [2.05, 4.69) is 89.9 Å². The van der Waals surface area contributed by atoms with E-state index in [1.165, 1.54) is 11.1 Å². The first-order valence-electron chi connectivity index (χ1n) is 8.05. The number of hydrogen-bond acceptors (Lipinski definition) is 2. The highest BCUT2D eigenvalue weighted by atomic mass is 15.3. The molecule has 0 radical (unpaired) electrons. The van der Waals surface area contributed by atoms with Gasteiger partial charge in [-0.1, -0.05) is 91.9 Å². The van der Waals surface area contributed by atoms with Crippen molar-refractivity contribution in [2.24, 2.45) is 0 Å². The highest BCUT2D eigenvalue weighted by Gasteiger charge is 2.21. The molecule has 0 saturated heterocycles. The fourth-order valence-electron chi connectivity index (χ4n) is 2.66. The quantitative estimate of drug-likeness (QED) is 0.567. The van der Waals surface area contributed by atoms with E-state index in [-0.39, 0.29) is 5.41 Å². The number of hydrogen-bond donors (Lipinski definition) is 1. The summed E-state index contributed by atoms with van der Waals surface area (Å²) >= 11 is 0. The average Bonchev–Trinajstić information content (AvgIpc) is 3.12. The van der Waals surface area contributed by atoms with Gasteiger partial charge >= 0.3 is 0 Å². The second kappa shape index (κ2) is 7.09. The second-order valence-electron chi connectivity index (χ2n) is 6.19. The fourth-order valence-corrected chi connectivity index (χ4v) is 2.66. The van der Waals surface area contributed by atoms with E-state index in [4.69, 9.17) is 0 Å². The Morgan fingerprint density at radius 3 is 1.71 bits per heavy atom. The molecule has 3 heteroatoms. The molecule has 0 saturated carbocycles. The van der Waals surface area contributed by atoms with Crippen molar-refractivity contribution in [3.05, 3.63) is 96.1 Å². The van der Waals surface area contributed by atoms with Crippen LogP contribution < -0.4 is 0 Å². The molecule has 4 rings (SSSR count). The number of aromatic nitrogens is 3. The van der Waals surface area contributed by atoms with E-state index in [1.807, 2.05) is 24.3 Å². The molecular weight excluding hydrogens is 294 g/mol. The molecule has 0 amide bonds. The number of nitrogens with zero attached hydrogens (tertiary/aromatic N) is 2. The van der Waals surface area contributed by atoms with Gasteiger partial charge in [0.05, 0.1) is 5.52 Å². The van der Waals surface area contributed by atoms with Gasteiger partial charge in [0, 0.05) is 5.41 Å². The molecule has 4 aromatic rings. The van der Waals surface area contributed by atoms with Gasteiger partial charge in [-0.3, -0.25) is 5.10 Å². The van der Waals surface area contributed by atoms with Crippen molar-refractivity contribution in [3.8, 4) is 0 Å². The third kappa shape index (κ3) is 3.51. The number of fused-ring (bicyclic) bond motifs is 1. The van der Waals surface area contributed by atoms with Crippen molar-refractivity contribution < 1.29 is 0 Å². The molecule has 120 valence electrons. The van der Waals surface area contributed by atoms with Crippen LogP contribution in [0.2, 0.25) is 0 Å². The molecule has 1 heterocycles. The molecule has 0 bridgehead atoms. The molecular formula is C21H21N3. The summed E-state index contributed by atoms with van der Waals surface area (Å²) in [6.45, 7) is 4.52. The van der Waals surface area contributed by atoms with Crippen molar-refractivity contribution in [1.82, 2.24) is 15.4 Å². The first-order valence-corrected chi connectivity index (χ1v) is 8.05. The van der Waals surface area contributed by atoms with E-state index >= 15 is 0 Å². The molecule has 0 fully saturated rings. The minimum Gasteiger partial charge on any atom is -0.258 e. The molecule has 0 atom stereocenters. The van der Waals surface area contributed by atoms with E-state index < -0.39 is 0 Å². The van der Waals surface area contributed by atoms with Gasteiger partial charge in [-0.15, -0.1) is 5.10 Å². The first-order chi connectivity index (χ1) is 11.7. The zero-order valence-electron chi connectivity index (χ0n) is 14.0. The highest BCUT2D eigenvalue weighted by Crippen LogP contribution is 2.30. The summed E-state index contributed by atoms with van der Waals surface area (Å²) in [5.41, 5.74) is 4.70. The predicted molar refractivity (Wildman–Crippen MR) is 98.9 cm³/mol. The molecule has 0 spiro atoms. The van der Waals surface area contributed by atoms with Crippen LogP contribution >= 0.6 is 0 Å². The van der Waals surface area contributed by atoms with Gasteiger partial charge in [0.1, 0.15) is 5.52 Å². The van der Waals surface area contributed by atoms with E-state index in [9.17, 15) is 0 Å². The maximum Gasteiger partial charge on any atom is 0.112 e. The SMILES string of the molecule is CC(C)(c1ccccc1)c1ccccc1.c1ccc2[nH]nnc2c1. The summed E-state index contributed by atoms with van der Waals surface area (Å²) in [7, 11) is 0. The molecule has 3 nitrogen and oxygen atoms in total. The van der Waals surface area contributed by atoms with Crippen LogP contribution in [0.15, 0.2) is 84.9 Å². The van der Waals surface area contributed by atoms with Gasteiger partial charge in [-0.25, -0.2) is 0 Å². The molecule has 24 heavy (non-hydrogen) atoms. The number of H-pyrrole nitrogens is 1. The summed E-state index contributed by atoms with van der Waals surface area (Å²) < 4.78 is 0. The van der Waals surface area contributed by atoms with Crippen molar-refractivity contribution >= 4 is 11.0 Å². The number of benzene rings is 3. The van der Waals surface area contributed by atoms with Crippen LogP contribution in [-0.4, -0.2) is 15.4 Å². The van der Waals surface area contributed by atoms with Crippen molar-refractivity contribution in [3.63, 3.8) is 0 Å². The molecule has 0 aliphatic heterocycles. The van der Waals surface area contributed by atoms with Crippen LogP contribution in [0.4, 0.5) is 0 Å². The third-order valence-corrected chi connectivity index (χ3v) is 4.22. The molecule has 1 aromatic heterocycles. The van der Waals surface area contributed by atoms with Gasteiger partial charge in [0.2, 0.25) is 0 Å². The smallest absolute Gasteiger partial charge is 0.112 e. The first kappa shape index (κ1) is 15.9. The third-order valence-electron chi connectivity index (χ3n) is 4.22. The molecule has 3 aromatic carbocycles. The van der Waals surface area contributed by atoms with Gasteiger partial charge in [-0.2, -0.15) is 0 Å². The summed E-state index contributed by atoms with van der Waals surface area (Å²) in [6.07, 6.45) is 0. The van der Waals surface area contributed by atoms with Gasteiger partial charge in [0.15, 0.2) is 0 Å². The summed E-state index contributed by atoms with van der Waals surface area (Å²) in [5, 5.41) is 10.2. The Hall–Kier alpha value is -2.94. The van der Waals surface area contributed by atoms with Crippen LogP contribution in [0.25, 0.3) is 11.0 Å². The largest absolute Gasteiger partial charge is 0.258 e. The average molecular weight is 315 g/mol. The summed E-state index contributed by atoms with van der Waals surface area (Å²) in [6, 6.07) is 29.0. The van der Waals surface area contributed by atoms with Crippen LogP contribution in [-0.2, 0) is 5.41 Å². The zero-order valence-corrected chi connectivity index (χ0v) is 14.0. The molecule has 1 N–H and O–H groups in total. The lowest BCUT2D eigenvalue weighted by Crippen LogP contribution is -2.18. The Bertz CT molecular complexity index is 809. The Kier molecular flexibility index (Phi) is 4.71. The van der Waals surface area contributed by atoms with Gasteiger partial charge < -0.3 is 0 Å². The van der Waals surface area contributed by atoms with Crippen LogP contribution in [0, 0.1) is 0 Å². The van der Waals surface area contributed by atoms with Gasteiger partial charge in [-0.05, 0) is 23.3 Å². The minimum absolute atomic E-state index is 0.0858. The standard InChI is InChI=1S/C15H16.C6H5N3/c1-15(2,13-9-5-3-6-10-13)14-11-7-4-8-12-14;1-2-4-6-5(3-1)7-9-8-6/h3-12H,1-2H3;1-4H,(H,7,8,9). The van der Waals surface area contributed by atoms with E-state index in [0.29, 0.717) is 0 Å². The number of para-hydroxylation sites is 1. The lowest BCUT2D eigenvalue weighted by Gasteiger charge is -2.25. The van der Waals surface area contributed by atoms with E-state index in [1.54, 1.807) is 0 Å². The Morgan fingerprint density at radius 2 is 1.17 bits per heavy atom. The topological polar surface area (TPSA) is 41.6 Å². The highest BCUT2D eigenvalue weighted by molar-refractivity contribution is 5.72. The lowest BCUT2D eigenvalue weighted by molar-refractivity contribution is 0.641. The van der Waals surface area contributed by atoms with Crippen LogP contribution in [0.3, 0.4) is 0 Å². The molecule has 0 unspecified atom stereocenters. The lowest BCUT2D eigenvalue weighted by atomic mass is 9.78. The minimum atomic E-state index is 0.0858. The van der Waals surface area contributed by atoms with Gasteiger partial charge in [0.25, 0.3) is 0 Å². The van der Waals surface area contributed by atoms with Crippen molar-refractivity contribution in [1.29, 1.82) is 0 Å². The van der Waals surface area contributed by atoms with Crippen LogP contribution in [0.5, 0.6) is 0 Å². The monoisotopic (exact) mass is 315 g/mol. The molecule has 0 aliphatic rings. The second-order valence-corrected chi connectivity index (χ2v) is 6.19. The number of rotatable bonds is 2. The van der Waals surface area contributed by atoms with E-state index in [0.717, 1.165) is 11.0 Å². The Balaban J connectivity index is 0.000000159. The summed E-state index contributed by atoms with van der Waals surface area (Å²) in [5.74, 6) is 0. The maximum atomic E-state index is 3.81. The normalized spacial score (nSPS) is 10.9. The summed E-state index contributed by atoms with van der Waals surface area (Å²) in [4.78, 5) is 0. The number of nitrogens with one attached hydrogen (secondary N) is 1. The fraction of sp³-hybridized carbons (Fsp3) is 0.143. The predicted octanol–water partition coefficient (Wildman–Crippen LogP) is 4.97. The van der Waals surface area contributed by atoms with Crippen LogP contribution in [0.1, 0.15) is 25.0 Å².